The summed E-state index contributed by atoms with van der Waals surface area (Å²) in [5.74, 6) is -0.846. The standard InChI is InChI=1S/C16H22N2O2/c19-16(20)14-4-1-3-13(11-14)12-17-7-9-18(10-8-17)15-5-2-6-15/h1,3-4,11,15H,2,5-10,12H2,(H,19,20). The lowest BCUT2D eigenvalue weighted by atomic mass is 9.91. The van der Waals surface area contributed by atoms with Gasteiger partial charge >= 0.3 is 5.97 Å². The van der Waals surface area contributed by atoms with E-state index in [0.29, 0.717) is 5.56 Å². The van der Waals surface area contributed by atoms with Gasteiger partial charge in [-0.15, -0.1) is 0 Å². The van der Waals surface area contributed by atoms with Crippen molar-refractivity contribution in [1.82, 2.24) is 9.80 Å². The number of aromatic carboxylic acids is 1. The van der Waals surface area contributed by atoms with Gasteiger partial charge in [-0.2, -0.15) is 0 Å². The maximum absolute atomic E-state index is 11.0. The minimum Gasteiger partial charge on any atom is -0.478 e. The molecule has 0 radical (unpaired) electrons. The van der Waals surface area contributed by atoms with E-state index in [-0.39, 0.29) is 0 Å². The molecule has 1 aromatic carbocycles. The number of carbonyl (C=O) groups is 1. The first-order valence-electron chi connectivity index (χ1n) is 7.51. The Morgan fingerprint density at radius 3 is 2.55 bits per heavy atom. The average Bonchev–Trinajstić information content (AvgIpc) is 2.39. The molecule has 1 heterocycles. The first-order valence-corrected chi connectivity index (χ1v) is 7.51. The minimum absolute atomic E-state index is 0.385. The summed E-state index contributed by atoms with van der Waals surface area (Å²) in [6, 6.07) is 8.14. The Hall–Kier alpha value is -1.39. The highest BCUT2D eigenvalue weighted by Crippen LogP contribution is 2.25. The maximum atomic E-state index is 11.0. The molecule has 1 N–H and O–H groups in total. The Labute approximate surface area is 120 Å². The molecule has 0 spiro atoms. The highest BCUT2D eigenvalue weighted by atomic mass is 16.4. The second-order valence-electron chi connectivity index (χ2n) is 5.90. The molecule has 1 aliphatic heterocycles. The first-order chi connectivity index (χ1) is 9.72. The molecule has 2 aliphatic rings. The minimum atomic E-state index is -0.846. The van der Waals surface area contributed by atoms with Crippen LogP contribution in [0, 0.1) is 0 Å². The van der Waals surface area contributed by atoms with Crippen LogP contribution in [0.1, 0.15) is 35.2 Å². The zero-order valence-corrected chi connectivity index (χ0v) is 11.8. The second kappa shape index (κ2) is 5.94. The summed E-state index contributed by atoms with van der Waals surface area (Å²) in [5, 5.41) is 9.02. The molecule has 0 unspecified atom stereocenters. The van der Waals surface area contributed by atoms with Gasteiger partial charge in [0.1, 0.15) is 0 Å². The fraction of sp³-hybridized carbons (Fsp3) is 0.562. The highest BCUT2D eigenvalue weighted by molar-refractivity contribution is 5.87. The zero-order chi connectivity index (χ0) is 13.9. The molecule has 20 heavy (non-hydrogen) atoms. The van der Waals surface area contributed by atoms with Gasteiger partial charge in [-0.05, 0) is 30.5 Å². The summed E-state index contributed by atoms with van der Waals surface area (Å²) in [4.78, 5) is 16.0. The molecule has 4 heteroatoms. The summed E-state index contributed by atoms with van der Waals surface area (Å²) in [5.41, 5.74) is 1.48. The number of benzene rings is 1. The van der Waals surface area contributed by atoms with E-state index in [2.05, 4.69) is 9.80 Å². The maximum Gasteiger partial charge on any atom is 0.335 e. The third-order valence-electron chi connectivity index (χ3n) is 4.58. The van der Waals surface area contributed by atoms with Crippen LogP contribution in [0.5, 0.6) is 0 Å². The van der Waals surface area contributed by atoms with Gasteiger partial charge < -0.3 is 5.11 Å². The van der Waals surface area contributed by atoms with Crippen molar-refractivity contribution in [2.45, 2.75) is 31.8 Å². The fourth-order valence-corrected chi connectivity index (χ4v) is 3.10. The largest absolute Gasteiger partial charge is 0.478 e. The average molecular weight is 274 g/mol. The summed E-state index contributed by atoms with van der Waals surface area (Å²) in [6.45, 7) is 5.35. The Kier molecular flexibility index (Phi) is 4.03. The summed E-state index contributed by atoms with van der Waals surface area (Å²) < 4.78 is 0. The number of hydrogen-bond donors (Lipinski definition) is 1. The lowest BCUT2D eigenvalue weighted by Crippen LogP contribution is -2.51. The van der Waals surface area contributed by atoms with Crippen molar-refractivity contribution in [2.75, 3.05) is 26.2 Å². The van der Waals surface area contributed by atoms with Crippen LogP contribution >= 0.6 is 0 Å². The van der Waals surface area contributed by atoms with E-state index in [1.165, 1.54) is 19.3 Å². The molecule has 0 amide bonds. The number of carboxylic acid groups (broad SMARTS) is 1. The van der Waals surface area contributed by atoms with Crippen LogP contribution < -0.4 is 0 Å². The molecule has 1 aliphatic carbocycles. The molecule has 108 valence electrons. The van der Waals surface area contributed by atoms with Crippen LogP contribution in [0.25, 0.3) is 0 Å². The van der Waals surface area contributed by atoms with Crippen molar-refractivity contribution >= 4 is 5.97 Å². The quantitative estimate of drug-likeness (QED) is 0.912. The SMILES string of the molecule is O=C(O)c1cccc(CN2CCN(C3CCC3)CC2)c1. The van der Waals surface area contributed by atoms with Gasteiger partial charge in [-0.1, -0.05) is 18.6 Å². The van der Waals surface area contributed by atoms with Gasteiger partial charge in [0.25, 0.3) is 0 Å². The summed E-state index contributed by atoms with van der Waals surface area (Å²) in [7, 11) is 0. The van der Waals surface area contributed by atoms with Gasteiger partial charge in [-0.25, -0.2) is 4.79 Å². The van der Waals surface area contributed by atoms with E-state index >= 15 is 0 Å². The molecular weight excluding hydrogens is 252 g/mol. The van der Waals surface area contributed by atoms with Crippen LogP contribution in [0.15, 0.2) is 24.3 Å². The van der Waals surface area contributed by atoms with Crippen molar-refractivity contribution in [2.24, 2.45) is 0 Å². The third-order valence-corrected chi connectivity index (χ3v) is 4.58. The number of piperazine rings is 1. The van der Waals surface area contributed by atoms with Crippen molar-refractivity contribution in [3.8, 4) is 0 Å². The van der Waals surface area contributed by atoms with E-state index in [9.17, 15) is 4.79 Å². The van der Waals surface area contributed by atoms with Gasteiger partial charge in [0, 0.05) is 38.8 Å². The van der Waals surface area contributed by atoms with E-state index in [1.54, 1.807) is 12.1 Å². The van der Waals surface area contributed by atoms with Gasteiger partial charge in [0.15, 0.2) is 0 Å². The van der Waals surface area contributed by atoms with Crippen molar-refractivity contribution in [3.05, 3.63) is 35.4 Å². The monoisotopic (exact) mass is 274 g/mol. The molecule has 4 nitrogen and oxygen atoms in total. The van der Waals surface area contributed by atoms with Crippen molar-refractivity contribution in [1.29, 1.82) is 0 Å². The fourth-order valence-electron chi connectivity index (χ4n) is 3.10. The second-order valence-corrected chi connectivity index (χ2v) is 5.90. The third kappa shape index (κ3) is 3.02. The number of nitrogens with zero attached hydrogens (tertiary/aromatic N) is 2. The smallest absolute Gasteiger partial charge is 0.335 e. The van der Waals surface area contributed by atoms with Crippen LogP contribution in [-0.4, -0.2) is 53.1 Å². The van der Waals surface area contributed by atoms with Crippen LogP contribution in [0.4, 0.5) is 0 Å². The molecule has 1 saturated carbocycles. The zero-order valence-electron chi connectivity index (χ0n) is 11.8. The Balaban J connectivity index is 1.53. The van der Waals surface area contributed by atoms with Crippen LogP contribution in [0.3, 0.4) is 0 Å². The normalized spacial score (nSPS) is 21.6. The molecule has 3 rings (SSSR count). The topological polar surface area (TPSA) is 43.8 Å². The molecule has 0 atom stereocenters. The summed E-state index contributed by atoms with van der Waals surface area (Å²) in [6.07, 6.45) is 4.15. The molecule has 1 saturated heterocycles. The highest BCUT2D eigenvalue weighted by Gasteiger charge is 2.27. The lowest BCUT2D eigenvalue weighted by Gasteiger charge is -2.43. The van der Waals surface area contributed by atoms with Gasteiger partial charge in [-0.3, -0.25) is 9.80 Å². The van der Waals surface area contributed by atoms with Gasteiger partial charge in [0.05, 0.1) is 5.56 Å². The predicted octanol–water partition coefficient (Wildman–Crippen LogP) is 2.05. The van der Waals surface area contributed by atoms with Crippen LogP contribution in [-0.2, 0) is 6.54 Å². The molecule has 2 fully saturated rings. The van der Waals surface area contributed by atoms with Crippen LogP contribution in [0.2, 0.25) is 0 Å². The lowest BCUT2D eigenvalue weighted by molar-refractivity contribution is 0.0586. The van der Waals surface area contributed by atoms with Crippen molar-refractivity contribution < 1.29 is 9.90 Å². The molecule has 0 aromatic heterocycles. The van der Waals surface area contributed by atoms with Gasteiger partial charge in [0.2, 0.25) is 0 Å². The Morgan fingerprint density at radius 1 is 1.20 bits per heavy atom. The van der Waals surface area contributed by atoms with E-state index in [0.717, 1.165) is 44.3 Å². The number of rotatable bonds is 4. The number of hydrogen-bond acceptors (Lipinski definition) is 3. The number of carboxylic acids is 1. The Morgan fingerprint density at radius 2 is 1.95 bits per heavy atom. The van der Waals surface area contributed by atoms with E-state index in [1.807, 2.05) is 12.1 Å². The molecular formula is C16H22N2O2. The molecule has 0 bridgehead atoms. The Bertz CT molecular complexity index is 477. The van der Waals surface area contributed by atoms with Crippen molar-refractivity contribution in [3.63, 3.8) is 0 Å². The molecule has 1 aromatic rings. The van der Waals surface area contributed by atoms with E-state index in [4.69, 9.17) is 5.11 Å². The predicted molar refractivity (Wildman–Crippen MR) is 77.9 cm³/mol. The summed E-state index contributed by atoms with van der Waals surface area (Å²) >= 11 is 0. The van der Waals surface area contributed by atoms with E-state index < -0.39 is 5.97 Å². The first kappa shape index (κ1) is 13.6.